The van der Waals surface area contributed by atoms with Crippen molar-refractivity contribution >= 4 is 32.4 Å². The van der Waals surface area contributed by atoms with Crippen LogP contribution in [0.25, 0.3) is 0 Å². The average Bonchev–Trinajstić information content (AvgIpc) is 3.17. The summed E-state index contributed by atoms with van der Waals surface area (Å²) in [4.78, 5) is 17.6. The van der Waals surface area contributed by atoms with Gasteiger partial charge in [-0.15, -0.1) is 11.3 Å². The van der Waals surface area contributed by atoms with E-state index in [1.165, 1.54) is 39.9 Å². The first-order chi connectivity index (χ1) is 14.3. The predicted molar refractivity (Wildman–Crippen MR) is 116 cm³/mol. The smallest absolute Gasteiger partial charge is 0.257 e. The van der Waals surface area contributed by atoms with Crippen LogP contribution in [-0.4, -0.2) is 36.7 Å². The molecule has 6 nitrogen and oxygen atoms in total. The van der Waals surface area contributed by atoms with Crippen molar-refractivity contribution in [1.29, 1.82) is 0 Å². The number of thiazole rings is 1. The molecule has 1 aromatic heterocycles. The van der Waals surface area contributed by atoms with Gasteiger partial charge in [0, 0.05) is 36.1 Å². The van der Waals surface area contributed by atoms with Crippen molar-refractivity contribution in [3.05, 3.63) is 76.5 Å². The fourth-order valence-corrected chi connectivity index (χ4v) is 5.29. The minimum Gasteiger partial charge on any atom is -0.298 e. The van der Waals surface area contributed by atoms with Crippen molar-refractivity contribution < 1.29 is 17.6 Å². The lowest BCUT2D eigenvalue weighted by Gasteiger charge is -2.18. The fourth-order valence-electron chi connectivity index (χ4n) is 2.96. The molecule has 0 unspecified atom stereocenters. The van der Waals surface area contributed by atoms with E-state index in [9.17, 15) is 17.6 Å². The van der Waals surface area contributed by atoms with E-state index in [-0.39, 0.29) is 16.3 Å². The summed E-state index contributed by atoms with van der Waals surface area (Å²) < 4.78 is 40.5. The highest BCUT2D eigenvalue weighted by atomic mass is 32.2. The molecule has 30 heavy (non-hydrogen) atoms. The third kappa shape index (κ3) is 4.92. The van der Waals surface area contributed by atoms with Crippen molar-refractivity contribution in [2.75, 3.05) is 18.4 Å². The summed E-state index contributed by atoms with van der Waals surface area (Å²) in [5.74, 6) is -0.749. The summed E-state index contributed by atoms with van der Waals surface area (Å²) in [7, 11) is -3.66. The maximum atomic E-state index is 13.8. The molecule has 0 saturated carbocycles. The van der Waals surface area contributed by atoms with Crippen LogP contribution < -0.4 is 5.32 Å². The maximum Gasteiger partial charge on any atom is 0.257 e. The molecule has 9 heteroatoms. The minimum atomic E-state index is -3.66. The highest BCUT2D eigenvalue weighted by molar-refractivity contribution is 7.89. The Kier molecular flexibility index (Phi) is 6.96. The van der Waals surface area contributed by atoms with Crippen LogP contribution in [0.15, 0.2) is 59.6 Å². The molecule has 3 aromatic rings. The van der Waals surface area contributed by atoms with Crippen molar-refractivity contribution in [3.63, 3.8) is 0 Å². The lowest BCUT2D eigenvalue weighted by atomic mass is 10.1. The van der Waals surface area contributed by atoms with Gasteiger partial charge >= 0.3 is 0 Å². The Morgan fingerprint density at radius 1 is 1.13 bits per heavy atom. The molecule has 0 aliphatic rings. The number of halogens is 1. The van der Waals surface area contributed by atoms with Crippen molar-refractivity contribution in [2.45, 2.75) is 25.2 Å². The largest absolute Gasteiger partial charge is 0.298 e. The molecule has 1 amide bonds. The number of carbonyl (C=O) groups is 1. The Bertz CT molecular complexity index is 1140. The molecule has 0 aliphatic heterocycles. The number of hydrogen-bond donors (Lipinski definition) is 1. The van der Waals surface area contributed by atoms with Gasteiger partial charge in [0.2, 0.25) is 10.0 Å². The number of nitrogens with zero attached hydrogens (tertiary/aromatic N) is 2. The predicted octanol–water partition coefficient (Wildman–Crippen LogP) is 4.16. The van der Waals surface area contributed by atoms with E-state index < -0.39 is 15.9 Å². The molecule has 3 rings (SSSR count). The Morgan fingerprint density at radius 3 is 2.57 bits per heavy atom. The third-order valence-electron chi connectivity index (χ3n) is 4.54. The van der Waals surface area contributed by atoms with Crippen LogP contribution in [0.2, 0.25) is 0 Å². The third-order valence-corrected chi connectivity index (χ3v) is 7.49. The second-order valence-electron chi connectivity index (χ2n) is 6.47. The van der Waals surface area contributed by atoms with Crippen molar-refractivity contribution in [1.82, 2.24) is 9.29 Å². The van der Waals surface area contributed by atoms with Gasteiger partial charge in [-0.3, -0.25) is 10.1 Å². The molecule has 158 valence electrons. The van der Waals surface area contributed by atoms with Gasteiger partial charge in [0.25, 0.3) is 5.91 Å². The highest BCUT2D eigenvalue weighted by Gasteiger charge is 2.22. The summed E-state index contributed by atoms with van der Waals surface area (Å²) >= 11 is 1.25. The number of anilines is 1. The van der Waals surface area contributed by atoms with Crippen molar-refractivity contribution in [2.24, 2.45) is 0 Å². The van der Waals surface area contributed by atoms with Crippen LogP contribution in [0.1, 0.15) is 34.6 Å². The number of carbonyl (C=O) groups excluding carboxylic acids is 1. The van der Waals surface area contributed by atoms with E-state index in [1.54, 1.807) is 44.3 Å². The monoisotopic (exact) mass is 447 g/mol. The number of sulfonamides is 1. The van der Waals surface area contributed by atoms with Gasteiger partial charge in [-0.1, -0.05) is 38.1 Å². The lowest BCUT2D eigenvalue weighted by Crippen LogP contribution is -2.30. The summed E-state index contributed by atoms with van der Waals surface area (Å²) in [5.41, 5.74) is 0.766. The molecule has 0 spiro atoms. The van der Waals surface area contributed by atoms with E-state index in [4.69, 9.17) is 0 Å². The zero-order chi connectivity index (χ0) is 21.7. The maximum absolute atomic E-state index is 13.8. The summed E-state index contributed by atoms with van der Waals surface area (Å²) in [5, 5.41) is 3.05. The number of rotatable bonds is 8. The molecular formula is C21H22FN3O3S2. The number of hydrogen-bond acceptors (Lipinski definition) is 5. The van der Waals surface area contributed by atoms with Crippen LogP contribution >= 0.6 is 11.3 Å². The number of aromatic nitrogens is 1. The molecule has 2 aromatic carbocycles. The summed E-state index contributed by atoms with van der Waals surface area (Å²) in [6.07, 6.45) is 1.96. The molecule has 0 fully saturated rings. The van der Waals surface area contributed by atoms with Gasteiger partial charge in [-0.05, 0) is 29.8 Å². The van der Waals surface area contributed by atoms with Gasteiger partial charge in [-0.25, -0.2) is 17.8 Å². The van der Waals surface area contributed by atoms with Gasteiger partial charge < -0.3 is 0 Å². The van der Waals surface area contributed by atoms with E-state index in [0.717, 1.165) is 4.88 Å². The topological polar surface area (TPSA) is 79.4 Å². The summed E-state index contributed by atoms with van der Waals surface area (Å²) in [6.45, 7) is 4.22. The molecule has 0 saturated heterocycles. The second-order valence-corrected chi connectivity index (χ2v) is 9.52. The number of nitrogens with one attached hydrogen (secondary N) is 1. The fraction of sp³-hybridized carbons (Fsp3) is 0.238. The first-order valence-electron chi connectivity index (χ1n) is 9.44. The van der Waals surface area contributed by atoms with Gasteiger partial charge in [0.1, 0.15) is 5.82 Å². The van der Waals surface area contributed by atoms with Crippen LogP contribution in [-0.2, 0) is 16.4 Å². The van der Waals surface area contributed by atoms with Crippen LogP contribution in [0.5, 0.6) is 0 Å². The molecule has 0 bridgehead atoms. The van der Waals surface area contributed by atoms with Crippen LogP contribution in [0.4, 0.5) is 9.52 Å². The van der Waals surface area contributed by atoms with E-state index in [1.807, 2.05) is 0 Å². The summed E-state index contributed by atoms with van der Waals surface area (Å²) in [6, 6.07) is 12.4. The normalized spacial score (nSPS) is 11.6. The second kappa shape index (κ2) is 9.46. The average molecular weight is 448 g/mol. The van der Waals surface area contributed by atoms with E-state index >= 15 is 0 Å². The first kappa shape index (κ1) is 22.1. The number of benzene rings is 2. The Labute approximate surface area is 179 Å². The Hall–Kier alpha value is -2.62. The minimum absolute atomic E-state index is 0.0678. The molecule has 1 heterocycles. The Morgan fingerprint density at radius 2 is 1.87 bits per heavy atom. The molecule has 0 aliphatic carbocycles. The lowest BCUT2D eigenvalue weighted by molar-refractivity contribution is 0.102. The first-order valence-corrected chi connectivity index (χ1v) is 11.7. The van der Waals surface area contributed by atoms with E-state index in [2.05, 4.69) is 10.3 Å². The molecule has 0 atom stereocenters. The molecule has 1 N–H and O–H groups in total. The molecular weight excluding hydrogens is 425 g/mol. The standard InChI is InChI=1S/C21H22FN3O3S2/c1-3-25(4-2)30(27,28)18-10-7-9-16(13-18)20(26)24-21-23-14-17(29-21)12-15-8-5-6-11-19(15)22/h5-11,13-14H,3-4,12H2,1-2H3,(H,23,24,26). The highest BCUT2D eigenvalue weighted by Crippen LogP contribution is 2.23. The molecule has 0 radical (unpaired) electrons. The quantitative estimate of drug-likeness (QED) is 0.562. The van der Waals surface area contributed by atoms with Gasteiger partial charge in [-0.2, -0.15) is 4.31 Å². The SMILES string of the molecule is CCN(CC)S(=O)(=O)c1cccc(C(=O)Nc2ncc(Cc3ccccc3F)s2)c1. The Balaban J connectivity index is 1.74. The van der Waals surface area contributed by atoms with Gasteiger partial charge in [0.15, 0.2) is 5.13 Å². The zero-order valence-electron chi connectivity index (χ0n) is 16.6. The van der Waals surface area contributed by atoms with Gasteiger partial charge in [0.05, 0.1) is 4.90 Å². The van der Waals surface area contributed by atoms with Crippen LogP contribution in [0.3, 0.4) is 0 Å². The van der Waals surface area contributed by atoms with Crippen LogP contribution in [0, 0.1) is 5.82 Å². The zero-order valence-corrected chi connectivity index (χ0v) is 18.3. The number of amides is 1. The van der Waals surface area contributed by atoms with E-state index in [0.29, 0.717) is 30.2 Å². The van der Waals surface area contributed by atoms with Crippen molar-refractivity contribution in [3.8, 4) is 0 Å².